The van der Waals surface area contributed by atoms with E-state index in [0.717, 1.165) is 11.3 Å². The minimum absolute atomic E-state index is 0.150. The number of aromatic nitrogens is 2. The molecule has 0 aliphatic rings. The third kappa shape index (κ3) is 4.70. The first-order valence-electron chi connectivity index (χ1n) is 8.76. The number of carbonyl (C=O) groups is 2. The predicted molar refractivity (Wildman–Crippen MR) is 110 cm³/mol. The second-order valence-electron chi connectivity index (χ2n) is 6.38. The number of nitrogens with one attached hydrogen (secondary N) is 3. The van der Waals surface area contributed by atoms with Gasteiger partial charge >= 0.3 is 0 Å². The lowest BCUT2D eigenvalue weighted by molar-refractivity contribution is -0.114. The Balaban J connectivity index is 1.65. The largest absolute Gasteiger partial charge is 0.326 e. The van der Waals surface area contributed by atoms with Crippen LogP contribution in [0.25, 0.3) is 0 Å². The van der Waals surface area contributed by atoms with Gasteiger partial charge < -0.3 is 16.0 Å². The molecule has 7 nitrogen and oxygen atoms in total. The number of aryl methyl sites for hydroxylation is 1. The molecule has 0 unspecified atom stereocenters. The number of hydrogen-bond acceptors (Lipinski definition) is 5. The van der Waals surface area contributed by atoms with Gasteiger partial charge in [-0.3, -0.25) is 9.59 Å². The monoisotopic (exact) mass is 375 g/mol. The summed E-state index contributed by atoms with van der Waals surface area (Å²) in [6.07, 6.45) is 2.95. The Morgan fingerprint density at radius 1 is 0.857 bits per heavy atom. The minimum Gasteiger partial charge on any atom is -0.326 e. The highest BCUT2D eigenvalue weighted by Crippen LogP contribution is 2.21. The molecule has 0 atom stereocenters. The van der Waals surface area contributed by atoms with E-state index < -0.39 is 0 Å². The van der Waals surface area contributed by atoms with Gasteiger partial charge in [0.15, 0.2) is 0 Å². The van der Waals surface area contributed by atoms with E-state index in [1.54, 1.807) is 24.3 Å². The molecule has 142 valence electrons. The molecule has 1 heterocycles. The highest BCUT2D eigenvalue weighted by Gasteiger charge is 2.09. The van der Waals surface area contributed by atoms with E-state index in [-0.39, 0.29) is 11.8 Å². The van der Waals surface area contributed by atoms with Crippen molar-refractivity contribution in [2.75, 3.05) is 16.0 Å². The van der Waals surface area contributed by atoms with E-state index in [1.807, 2.05) is 32.0 Å². The molecular formula is C21H21N5O2. The minimum atomic E-state index is -0.314. The first-order chi connectivity index (χ1) is 13.4. The van der Waals surface area contributed by atoms with Crippen LogP contribution in [0.1, 0.15) is 28.4 Å². The third-order valence-corrected chi connectivity index (χ3v) is 4.23. The zero-order valence-electron chi connectivity index (χ0n) is 15.9. The maximum Gasteiger partial charge on any atom is 0.258 e. The van der Waals surface area contributed by atoms with Crippen molar-refractivity contribution in [3.8, 4) is 0 Å². The van der Waals surface area contributed by atoms with Crippen molar-refractivity contribution >= 4 is 34.8 Å². The van der Waals surface area contributed by atoms with Crippen LogP contribution in [-0.4, -0.2) is 21.8 Å². The van der Waals surface area contributed by atoms with Gasteiger partial charge in [0.05, 0.1) is 5.56 Å². The van der Waals surface area contributed by atoms with Crippen LogP contribution in [0.2, 0.25) is 0 Å². The summed E-state index contributed by atoms with van der Waals surface area (Å²) < 4.78 is 0. The van der Waals surface area contributed by atoms with E-state index in [2.05, 4.69) is 25.9 Å². The normalized spacial score (nSPS) is 10.2. The number of amides is 2. The highest BCUT2D eigenvalue weighted by molar-refractivity contribution is 6.04. The lowest BCUT2D eigenvalue weighted by atomic mass is 10.1. The van der Waals surface area contributed by atoms with Gasteiger partial charge in [0.25, 0.3) is 5.91 Å². The Kier molecular flexibility index (Phi) is 5.64. The van der Waals surface area contributed by atoms with Crippen LogP contribution in [0.15, 0.2) is 54.9 Å². The van der Waals surface area contributed by atoms with E-state index >= 15 is 0 Å². The van der Waals surface area contributed by atoms with E-state index in [0.29, 0.717) is 22.9 Å². The molecule has 0 saturated carbocycles. The van der Waals surface area contributed by atoms with E-state index in [1.165, 1.54) is 24.9 Å². The Bertz CT molecular complexity index is 998. The van der Waals surface area contributed by atoms with Crippen LogP contribution in [0.3, 0.4) is 0 Å². The van der Waals surface area contributed by atoms with Crippen LogP contribution in [0, 0.1) is 13.8 Å². The number of hydrogen-bond donors (Lipinski definition) is 3. The topological polar surface area (TPSA) is 96.0 Å². The lowest BCUT2D eigenvalue weighted by Crippen LogP contribution is -2.13. The maximum atomic E-state index is 12.4. The quantitative estimate of drug-likeness (QED) is 0.625. The highest BCUT2D eigenvalue weighted by atomic mass is 16.2. The Labute approximate surface area is 163 Å². The van der Waals surface area contributed by atoms with Crippen molar-refractivity contribution in [2.24, 2.45) is 0 Å². The van der Waals surface area contributed by atoms with Gasteiger partial charge in [0.2, 0.25) is 11.9 Å². The summed E-state index contributed by atoms with van der Waals surface area (Å²) in [5.74, 6) is -0.0426. The molecule has 0 saturated heterocycles. The first kappa shape index (κ1) is 19.0. The standard InChI is InChI=1S/C21H21N5O2/c1-13-5-4-6-19(14(13)2)26-21-22-11-16(12-23-21)20(28)25-18-9-7-17(8-10-18)24-15(3)27/h4-12H,1-3H3,(H,24,27)(H,25,28)(H,22,23,26). The van der Waals surface area contributed by atoms with E-state index in [9.17, 15) is 9.59 Å². The fourth-order valence-corrected chi connectivity index (χ4v) is 2.56. The van der Waals surface area contributed by atoms with Crippen molar-refractivity contribution in [3.63, 3.8) is 0 Å². The van der Waals surface area contributed by atoms with Gasteiger partial charge in [-0.15, -0.1) is 0 Å². The summed E-state index contributed by atoms with van der Waals surface area (Å²) in [4.78, 5) is 31.9. The van der Waals surface area contributed by atoms with Crippen LogP contribution >= 0.6 is 0 Å². The molecule has 0 aliphatic heterocycles. The fourth-order valence-electron chi connectivity index (χ4n) is 2.56. The molecule has 0 bridgehead atoms. The maximum absolute atomic E-state index is 12.4. The van der Waals surface area contributed by atoms with E-state index in [4.69, 9.17) is 0 Å². The molecule has 0 fully saturated rings. The summed E-state index contributed by atoms with van der Waals surface area (Å²) in [5.41, 5.74) is 4.84. The van der Waals surface area contributed by atoms with Crippen molar-refractivity contribution in [1.82, 2.24) is 9.97 Å². The van der Waals surface area contributed by atoms with Crippen molar-refractivity contribution < 1.29 is 9.59 Å². The van der Waals surface area contributed by atoms with Gasteiger partial charge in [0, 0.05) is 36.4 Å². The summed E-state index contributed by atoms with van der Waals surface area (Å²) in [6.45, 7) is 5.50. The Hall–Kier alpha value is -3.74. The molecule has 28 heavy (non-hydrogen) atoms. The molecule has 0 spiro atoms. The van der Waals surface area contributed by atoms with Crippen LogP contribution in [0.4, 0.5) is 23.0 Å². The third-order valence-electron chi connectivity index (χ3n) is 4.23. The molecule has 0 radical (unpaired) electrons. The number of anilines is 4. The number of carbonyl (C=O) groups excluding carboxylic acids is 2. The Morgan fingerprint density at radius 2 is 1.46 bits per heavy atom. The average molecular weight is 375 g/mol. The molecule has 2 aromatic carbocycles. The Morgan fingerprint density at radius 3 is 2.07 bits per heavy atom. The zero-order chi connectivity index (χ0) is 20.1. The van der Waals surface area contributed by atoms with Gasteiger partial charge in [-0.05, 0) is 55.3 Å². The van der Waals surface area contributed by atoms with Gasteiger partial charge in [-0.25, -0.2) is 9.97 Å². The molecule has 3 rings (SSSR count). The smallest absolute Gasteiger partial charge is 0.258 e. The molecule has 0 aliphatic carbocycles. The van der Waals surface area contributed by atoms with Crippen molar-refractivity contribution in [3.05, 3.63) is 71.5 Å². The van der Waals surface area contributed by atoms with Crippen molar-refractivity contribution in [1.29, 1.82) is 0 Å². The second kappa shape index (κ2) is 8.30. The molecule has 3 N–H and O–H groups in total. The molecular weight excluding hydrogens is 354 g/mol. The molecule has 2 amide bonds. The fraction of sp³-hybridized carbons (Fsp3) is 0.143. The van der Waals surface area contributed by atoms with Gasteiger partial charge in [-0.1, -0.05) is 12.1 Å². The summed E-state index contributed by atoms with van der Waals surface area (Å²) >= 11 is 0. The lowest BCUT2D eigenvalue weighted by Gasteiger charge is -2.10. The molecule has 7 heteroatoms. The predicted octanol–water partition coefficient (Wildman–Crippen LogP) is 4.05. The molecule has 3 aromatic rings. The number of rotatable bonds is 5. The number of benzene rings is 2. The molecule has 1 aromatic heterocycles. The van der Waals surface area contributed by atoms with Gasteiger partial charge in [-0.2, -0.15) is 0 Å². The zero-order valence-corrected chi connectivity index (χ0v) is 15.9. The summed E-state index contributed by atoms with van der Waals surface area (Å²) in [6, 6.07) is 12.8. The van der Waals surface area contributed by atoms with Crippen LogP contribution < -0.4 is 16.0 Å². The van der Waals surface area contributed by atoms with Crippen LogP contribution in [-0.2, 0) is 4.79 Å². The summed E-state index contributed by atoms with van der Waals surface area (Å²) in [5, 5.41) is 8.61. The van der Waals surface area contributed by atoms with Gasteiger partial charge in [0.1, 0.15) is 0 Å². The average Bonchev–Trinajstić information content (AvgIpc) is 2.67. The summed E-state index contributed by atoms with van der Waals surface area (Å²) in [7, 11) is 0. The van der Waals surface area contributed by atoms with Crippen molar-refractivity contribution in [2.45, 2.75) is 20.8 Å². The second-order valence-corrected chi connectivity index (χ2v) is 6.38. The number of nitrogens with zero attached hydrogens (tertiary/aromatic N) is 2. The first-order valence-corrected chi connectivity index (χ1v) is 8.76. The SMILES string of the molecule is CC(=O)Nc1ccc(NC(=O)c2cnc(Nc3cccc(C)c3C)nc2)cc1. The van der Waals surface area contributed by atoms with Crippen LogP contribution in [0.5, 0.6) is 0 Å².